The minimum Gasteiger partial charge on any atom is -0.468 e. The molecule has 1 fully saturated rings. The Balaban J connectivity index is 2.58. The number of amides is 1. The second kappa shape index (κ2) is 9.37. The first-order valence-corrected chi connectivity index (χ1v) is 9.85. The predicted octanol–water partition coefficient (Wildman–Crippen LogP) is 2.44. The molecule has 1 N–H and O–H groups in total. The van der Waals surface area contributed by atoms with E-state index in [0.717, 1.165) is 11.1 Å². The molecule has 0 spiro atoms. The van der Waals surface area contributed by atoms with Crippen LogP contribution in [0.5, 0.6) is 0 Å². The molecule has 2 rings (SSSR count). The second-order valence-corrected chi connectivity index (χ2v) is 7.91. The van der Waals surface area contributed by atoms with Crippen LogP contribution in [0, 0.1) is 24.7 Å². The molecular weight excluding hydrogens is 357 g/mol. The number of hydrogen-bond donors (Lipinski definition) is 1. The molecule has 1 aliphatic rings. The van der Waals surface area contributed by atoms with E-state index in [9.17, 15) is 19.4 Å². The van der Waals surface area contributed by atoms with Crippen molar-refractivity contribution >= 4 is 24.7 Å². The third kappa shape index (κ3) is 4.63. The van der Waals surface area contributed by atoms with E-state index in [4.69, 9.17) is 4.74 Å². The van der Waals surface area contributed by atoms with Crippen molar-refractivity contribution in [2.45, 2.75) is 46.4 Å². The fourth-order valence-electron chi connectivity index (χ4n) is 4.00. The standard InChI is InChI=1S/C21H30BNO5/c1-13(2)19(24)18(21(26)28-5)17(15-10-8-14(3)9-11-15)16-7-6-12-23(20(16)25)22(4)27/h8-11,13,16-18,27H,6-7,12H2,1-5H3. The van der Waals surface area contributed by atoms with Gasteiger partial charge in [0.2, 0.25) is 5.91 Å². The maximum atomic E-state index is 13.2. The van der Waals surface area contributed by atoms with Crippen molar-refractivity contribution in [3.63, 3.8) is 0 Å². The molecule has 0 aromatic heterocycles. The van der Waals surface area contributed by atoms with Gasteiger partial charge in [0, 0.05) is 24.3 Å². The highest BCUT2D eigenvalue weighted by molar-refractivity contribution is 6.49. The van der Waals surface area contributed by atoms with Crippen LogP contribution in [0.25, 0.3) is 0 Å². The SMILES string of the molecule is COC(=O)C(C(=O)C(C)C)C(c1ccc(C)cc1)C1CCCN(B(C)O)C1=O. The van der Waals surface area contributed by atoms with Crippen molar-refractivity contribution in [2.24, 2.45) is 17.8 Å². The van der Waals surface area contributed by atoms with Gasteiger partial charge in [-0.1, -0.05) is 43.7 Å². The van der Waals surface area contributed by atoms with Gasteiger partial charge in [-0.15, -0.1) is 0 Å². The van der Waals surface area contributed by atoms with E-state index in [0.29, 0.717) is 19.4 Å². The number of nitrogens with zero attached hydrogens (tertiary/aromatic N) is 1. The van der Waals surface area contributed by atoms with Crippen LogP contribution in [-0.2, 0) is 19.1 Å². The zero-order valence-corrected chi connectivity index (χ0v) is 17.3. The molecular formula is C21H30BNO5. The van der Waals surface area contributed by atoms with Gasteiger partial charge in [0.15, 0.2) is 0 Å². The second-order valence-electron chi connectivity index (χ2n) is 7.91. The molecule has 1 amide bonds. The maximum absolute atomic E-state index is 13.2. The lowest BCUT2D eigenvalue weighted by Crippen LogP contribution is -2.52. The van der Waals surface area contributed by atoms with Crippen LogP contribution in [0.15, 0.2) is 24.3 Å². The van der Waals surface area contributed by atoms with E-state index < -0.39 is 30.8 Å². The van der Waals surface area contributed by atoms with Gasteiger partial charge in [0.1, 0.15) is 11.7 Å². The molecule has 0 bridgehead atoms. The molecule has 6 nitrogen and oxygen atoms in total. The molecule has 1 aromatic carbocycles. The number of carbonyl (C=O) groups excluding carboxylic acids is 3. The number of methoxy groups -OCH3 is 1. The van der Waals surface area contributed by atoms with E-state index >= 15 is 0 Å². The first-order chi connectivity index (χ1) is 13.2. The number of rotatable bonds is 7. The van der Waals surface area contributed by atoms with Crippen molar-refractivity contribution in [2.75, 3.05) is 13.7 Å². The van der Waals surface area contributed by atoms with Gasteiger partial charge in [0.25, 0.3) is 0 Å². The lowest BCUT2D eigenvalue weighted by atomic mass is 9.68. The molecule has 1 saturated heterocycles. The number of ether oxygens (including phenoxy) is 1. The van der Waals surface area contributed by atoms with Gasteiger partial charge < -0.3 is 14.6 Å². The number of aryl methyl sites for hydroxylation is 1. The van der Waals surface area contributed by atoms with Crippen molar-refractivity contribution in [1.29, 1.82) is 0 Å². The molecule has 1 aliphatic heterocycles. The van der Waals surface area contributed by atoms with Crippen LogP contribution in [0.1, 0.15) is 43.7 Å². The molecule has 0 radical (unpaired) electrons. The van der Waals surface area contributed by atoms with Crippen LogP contribution >= 0.6 is 0 Å². The van der Waals surface area contributed by atoms with Crippen LogP contribution < -0.4 is 0 Å². The van der Waals surface area contributed by atoms with Crippen molar-refractivity contribution in [3.8, 4) is 0 Å². The zero-order chi connectivity index (χ0) is 21.0. The lowest BCUT2D eigenvalue weighted by molar-refractivity contribution is -0.153. The van der Waals surface area contributed by atoms with Gasteiger partial charge in [0.05, 0.1) is 7.11 Å². The molecule has 28 heavy (non-hydrogen) atoms. The summed E-state index contributed by atoms with van der Waals surface area (Å²) in [6, 6.07) is 7.57. The van der Waals surface area contributed by atoms with Gasteiger partial charge in [-0.2, -0.15) is 0 Å². The molecule has 152 valence electrons. The highest BCUT2D eigenvalue weighted by Gasteiger charge is 2.46. The van der Waals surface area contributed by atoms with Crippen LogP contribution in [0.2, 0.25) is 6.82 Å². The third-order valence-corrected chi connectivity index (χ3v) is 5.55. The Labute approximate surface area is 167 Å². The quantitative estimate of drug-likeness (QED) is 0.441. The Hall–Kier alpha value is -2.15. The van der Waals surface area contributed by atoms with Crippen molar-refractivity contribution in [1.82, 2.24) is 4.81 Å². The average molecular weight is 387 g/mol. The fraction of sp³-hybridized carbons (Fsp3) is 0.571. The zero-order valence-electron chi connectivity index (χ0n) is 17.3. The summed E-state index contributed by atoms with van der Waals surface area (Å²) in [4.78, 5) is 40.3. The number of hydrogen-bond acceptors (Lipinski definition) is 5. The minimum absolute atomic E-state index is 0.225. The largest absolute Gasteiger partial charge is 0.468 e. The summed E-state index contributed by atoms with van der Waals surface area (Å²) in [5.41, 5.74) is 1.81. The number of esters is 1. The van der Waals surface area contributed by atoms with Crippen LogP contribution in [-0.4, -0.2) is 48.2 Å². The number of ketones is 1. The first-order valence-electron chi connectivity index (χ1n) is 9.85. The molecule has 1 heterocycles. The summed E-state index contributed by atoms with van der Waals surface area (Å²) >= 11 is 0. The Morgan fingerprint density at radius 3 is 2.36 bits per heavy atom. The first kappa shape index (κ1) is 22.1. The van der Waals surface area contributed by atoms with E-state index in [1.165, 1.54) is 11.9 Å². The van der Waals surface area contributed by atoms with Crippen molar-refractivity contribution in [3.05, 3.63) is 35.4 Å². The van der Waals surface area contributed by atoms with Crippen LogP contribution in [0.4, 0.5) is 0 Å². The van der Waals surface area contributed by atoms with Gasteiger partial charge >= 0.3 is 13.0 Å². The summed E-state index contributed by atoms with van der Waals surface area (Å²) in [7, 11) is 0.353. The van der Waals surface area contributed by atoms with Crippen molar-refractivity contribution < 1.29 is 24.1 Å². The summed E-state index contributed by atoms with van der Waals surface area (Å²) < 4.78 is 4.98. The molecule has 3 unspecified atom stereocenters. The Kier molecular flexibility index (Phi) is 7.41. The smallest absolute Gasteiger partial charge is 0.411 e. The normalized spacial score (nSPS) is 19.3. The molecule has 1 aromatic rings. The molecule has 0 aliphatic carbocycles. The Bertz CT molecular complexity index is 716. The molecule has 3 atom stereocenters. The number of benzene rings is 1. The highest BCUT2D eigenvalue weighted by atomic mass is 16.5. The predicted molar refractivity (Wildman–Crippen MR) is 108 cm³/mol. The Morgan fingerprint density at radius 1 is 1.25 bits per heavy atom. The maximum Gasteiger partial charge on any atom is 0.411 e. The highest BCUT2D eigenvalue weighted by Crippen LogP contribution is 2.40. The van der Waals surface area contributed by atoms with E-state index in [-0.39, 0.29) is 17.6 Å². The molecule has 0 saturated carbocycles. The number of Topliss-reactive ketones (excluding diaryl/α,β-unsaturated/α-hetero) is 1. The summed E-state index contributed by atoms with van der Waals surface area (Å²) in [5.74, 6) is -3.71. The van der Waals surface area contributed by atoms with Gasteiger partial charge in [-0.25, -0.2) is 0 Å². The lowest BCUT2D eigenvalue weighted by Gasteiger charge is -2.39. The van der Waals surface area contributed by atoms with Crippen LogP contribution in [0.3, 0.4) is 0 Å². The van der Waals surface area contributed by atoms with Gasteiger partial charge in [-0.3, -0.25) is 14.4 Å². The summed E-state index contributed by atoms with van der Waals surface area (Å²) in [6.45, 7) is 7.47. The minimum atomic E-state index is -1.06. The summed E-state index contributed by atoms with van der Waals surface area (Å²) in [5, 5.41) is 9.99. The average Bonchev–Trinajstić information content (AvgIpc) is 2.66. The third-order valence-electron chi connectivity index (χ3n) is 5.55. The van der Waals surface area contributed by atoms with Gasteiger partial charge in [-0.05, 0) is 32.2 Å². The fourth-order valence-corrected chi connectivity index (χ4v) is 4.00. The van der Waals surface area contributed by atoms with E-state index in [1.807, 2.05) is 31.2 Å². The Morgan fingerprint density at radius 2 is 1.86 bits per heavy atom. The molecule has 7 heteroatoms. The summed E-state index contributed by atoms with van der Waals surface area (Å²) in [6.07, 6.45) is 1.26. The monoisotopic (exact) mass is 387 g/mol. The van der Waals surface area contributed by atoms with E-state index in [2.05, 4.69) is 0 Å². The topological polar surface area (TPSA) is 83.9 Å². The number of carbonyl (C=O) groups is 3. The van der Waals surface area contributed by atoms with E-state index in [1.54, 1.807) is 20.7 Å². The number of piperidine rings is 1.